The van der Waals surface area contributed by atoms with Crippen LogP contribution in [0.15, 0.2) is 24.3 Å². The van der Waals surface area contributed by atoms with E-state index in [9.17, 15) is 19.8 Å². The third-order valence-electron chi connectivity index (χ3n) is 4.43. The van der Waals surface area contributed by atoms with Gasteiger partial charge in [-0.2, -0.15) is 0 Å². The van der Waals surface area contributed by atoms with E-state index in [-0.39, 0.29) is 35.9 Å². The number of carbonyl (C=O) groups excluding carboxylic acids is 2. The SMILES string of the molecule is Cc1cc(C(=O)CCCC(=O)c2cc(C)c(O)c(C)c2)cc(C)c1O. The van der Waals surface area contributed by atoms with Gasteiger partial charge in [-0.3, -0.25) is 9.59 Å². The largest absolute Gasteiger partial charge is 0.507 e. The fourth-order valence-electron chi connectivity index (χ4n) is 2.93. The highest BCUT2D eigenvalue weighted by molar-refractivity contribution is 5.99. The van der Waals surface area contributed by atoms with E-state index in [1.807, 2.05) is 0 Å². The van der Waals surface area contributed by atoms with Crippen LogP contribution < -0.4 is 0 Å². The van der Waals surface area contributed by atoms with Gasteiger partial charge in [0.1, 0.15) is 11.5 Å². The standard InChI is InChI=1S/C21H24O4/c1-12-8-16(9-13(2)20(12)24)18(22)6-5-7-19(23)17-10-14(3)21(25)15(4)11-17/h8-11,24-25H,5-7H2,1-4H3. The van der Waals surface area contributed by atoms with Crippen LogP contribution in [0.3, 0.4) is 0 Å². The predicted octanol–water partition coefficient (Wildman–Crippen LogP) is 4.57. The number of hydrogen-bond acceptors (Lipinski definition) is 4. The molecule has 0 bridgehead atoms. The molecule has 4 nitrogen and oxygen atoms in total. The fourth-order valence-corrected chi connectivity index (χ4v) is 2.93. The number of ketones is 2. The lowest BCUT2D eigenvalue weighted by atomic mass is 9.97. The second-order valence-electron chi connectivity index (χ2n) is 6.62. The van der Waals surface area contributed by atoms with Crippen LogP contribution in [0.25, 0.3) is 0 Å². The quantitative estimate of drug-likeness (QED) is 0.756. The van der Waals surface area contributed by atoms with Crippen molar-refractivity contribution < 1.29 is 19.8 Å². The number of phenolic OH excluding ortho intramolecular Hbond substituents is 2. The summed E-state index contributed by atoms with van der Waals surface area (Å²) in [6, 6.07) is 6.72. The minimum Gasteiger partial charge on any atom is -0.507 e. The smallest absolute Gasteiger partial charge is 0.162 e. The van der Waals surface area contributed by atoms with Gasteiger partial charge >= 0.3 is 0 Å². The molecule has 0 aromatic heterocycles. The van der Waals surface area contributed by atoms with Gasteiger partial charge in [-0.1, -0.05) is 0 Å². The van der Waals surface area contributed by atoms with E-state index in [1.165, 1.54) is 0 Å². The molecule has 0 aliphatic heterocycles. The van der Waals surface area contributed by atoms with Gasteiger partial charge in [-0.05, 0) is 80.6 Å². The number of aromatic hydroxyl groups is 2. The summed E-state index contributed by atoms with van der Waals surface area (Å²) in [5, 5.41) is 19.6. The molecule has 2 aromatic carbocycles. The summed E-state index contributed by atoms with van der Waals surface area (Å²) in [7, 11) is 0. The first-order valence-corrected chi connectivity index (χ1v) is 8.37. The van der Waals surface area contributed by atoms with Gasteiger partial charge in [0, 0.05) is 24.0 Å². The summed E-state index contributed by atoms with van der Waals surface area (Å²) in [4.78, 5) is 24.6. The topological polar surface area (TPSA) is 74.6 Å². The first kappa shape index (κ1) is 18.7. The zero-order chi connectivity index (χ0) is 18.7. The van der Waals surface area contributed by atoms with E-state index in [2.05, 4.69) is 0 Å². The highest BCUT2D eigenvalue weighted by Crippen LogP contribution is 2.25. The molecule has 2 rings (SSSR count). The molecule has 0 spiro atoms. The Bertz CT molecular complexity index is 718. The van der Waals surface area contributed by atoms with Crippen molar-refractivity contribution >= 4 is 11.6 Å². The monoisotopic (exact) mass is 340 g/mol. The Hall–Kier alpha value is -2.62. The third kappa shape index (κ3) is 4.27. The molecule has 2 N–H and O–H groups in total. The lowest BCUT2D eigenvalue weighted by Crippen LogP contribution is -2.04. The molecular formula is C21H24O4. The van der Waals surface area contributed by atoms with Crippen LogP contribution in [0.5, 0.6) is 11.5 Å². The van der Waals surface area contributed by atoms with Gasteiger partial charge in [-0.15, -0.1) is 0 Å². The molecule has 0 fully saturated rings. The molecular weight excluding hydrogens is 316 g/mol. The van der Waals surface area contributed by atoms with Gasteiger partial charge in [0.05, 0.1) is 0 Å². The molecule has 132 valence electrons. The first-order chi connectivity index (χ1) is 11.7. The lowest BCUT2D eigenvalue weighted by Gasteiger charge is -2.08. The maximum Gasteiger partial charge on any atom is 0.162 e. The summed E-state index contributed by atoms with van der Waals surface area (Å²) in [6.45, 7) is 7.05. The molecule has 0 aliphatic carbocycles. The van der Waals surface area contributed by atoms with Gasteiger partial charge in [0.15, 0.2) is 11.6 Å². The number of carbonyl (C=O) groups is 2. The van der Waals surface area contributed by atoms with Crippen LogP contribution in [-0.2, 0) is 0 Å². The Balaban J connectivity index is 1.98. The fraction of sp³-hybridized carbons (Fsp3) is 0.333. The summed E-state index contributed by atoms with van der Waals surface area (Å²) in [5.41, 5.74) is 3.83. The van der Waals surface area contributed by atoms with Gasteiger partial charge in [0.2, 0.25) is 0 Å². The summed E-state index contributed by atoms with van der Waals surface area (Å²) in [6.07, 6.45) is 1.03. The molecule has 0 atom stereocenters. The average molecular weight is 340 g/mol. The first-order valence-electron chi connectivity index (χ1n) is 8.37. The van der Waals surface area contributed by atoms with Crippen LogP contribution in [0, 0.1) is 27.7 Å². The van der Waals surface area contributed by atoms with E-state index < -0.39 is 0 Å². The Morgan fingerprint density at radius 1 is 0.680 bits per heavy atom. The molecule has 0 radical (unpaired) electrons. The van der Waals surface area contributed by atoms with Gasteiger partial charge in [0.25, 0.3) is 0 Å². The Labute approximate surface area is 148 Å². The lowest BCUT2D eigenvalue weighted by molar-refractivity contribution is 0.0957. The van der Waals surface area contributed by atoms with E-state index >= 15 is 0 Å². The Morgan fingerprint density at radius 3 is 1.24 bits per heavy atom. The summed E-state index contributed by atoms with van der Waals surface area (Å²) in [5.74, 6) is 0.365. The van der Waals surface area contributed by atoms with Crippen molar-refractivity contribution in [3.8, 4) is 11.5 Å². The summed E-state index contributed by atoms with van der Waals surface area (Å²) < 4.78 is 0. The van der Waals surface area contributed by atoms with Crippen LogP contribution >= 0.6 is 0 Å². The average Bonchev–Trinajstić information content (AvgIpc) is 2.56. The molecule has 0 heterocycles. The van der Waals surface area contributed by atoms with Crippen molar-refractivity contribution in [3.63, 3.8) is 0 Å². The van der Waals surface area contributed by atoms with E-state index in [0.29, 0.717) is 39.8 Å². The molecule has 0 saturated heterocycles. The summed E-state index contributed by atoms with van der Waals surface area (Å²) >= 11 is 0. The molecule has 2 aromatic rings. The second kappa shape index (κ2) is 7.51. The van der Waals surface area contributed by atoms with Crippen LogP contribution in [0.1, 0.15) is 62.2 Å². The van der Waals surface area contributed by atoms with Crippen LogP contribution in [0.4, 0.5) is 0 Å². The second-order valence-corrected chi connectivity index (χ2v) is 6.62. The number of rotatable bonds is 6. The number of phenols is 2. The minimum absolute atomic E-state index is 0.0305. The third-order valence-corrected chi connectivity index (χ3v) is 4.43. The number of benzene rings is 2. The van der Waals surface area contributed by atoms with Crippen LogP contribution in [0.2, 0.25) is 0 Å². The Kier molecular flexibility index (Phi) is 5.62. The molecule has 0 aliphatic rings. The number of Topliss-reactive ketones (excluding diaryl/α,β-unsaturated/α-hetero) is 2. The molecule has 25 heavy (non-hydrogen) atoms. The van der Waals surface area contributed by atoms with Gasteiger partial charge < -0.3 is 10.2 Å². The van der Waals surface area contributed by atoms with Crippen molar-refractivity contribution in [2.75, 3.05) is 0 Å². The van der Waals surface area contributed by atoms with Crippen molar-refractivity contribution in [1.82, 2.24) is 0 Å². The zero-order valence-electron chi connectivity index (χ0n) is 15.1. The highest BCUT2D eigenvalue weighted by atomic mass is 16.3. The van der Waals surface area contributed by atoms with E-state index in [1.54, 1.807) is 52.0 Å². The molecule has 0 amide bonds. The minimum atomic E-state index is -0.0305. The van der Waals surface area contributed by atoms with Crippen LogP contribution in [-0.4, -0.2) is 21.8 Å². The highest BCUT2D eigenvalue weighted by Gasteiger charge is 2.13. The molecule has 0 unspecified atom stereocenters. The molecule has 0 saturated carbocycles. The van der Waals surface area contributed by atoms with Crippen molar-refractivity contribution in [1.29, 1.82) is 0 Å². The zero-order valence-corrected chi connectivity index (χ0v) is 15.1. The van der Waals surface area contributed by atoms with E-state index in [4.69, 9.17) is 0 Å². The van der Waals surface area contributed by atoms with Crippen molar-refractivity contribution in [2.45, 2.75) is 47.0 Å². The normalized spacial score (nSPS) is 10.7. The maximum absolute atomic E-state index is 12.3. The van der Waals surface area contributed by atoms with Crippen molar-refractivity contribution in [2.24, 2.45) is 0 Å². The predicted molar refractivity (Wildman–Crippen MR) is 97.7 cm³/mol. The van der Waals surface area contributed by atoms with E-state index in [0.717, 1.165) is 0 Å². The number of aryl methyl sites for hydroxylation is 4. The molecule has 4 heteroatoms. The Morgan fingerprint density at radius 2 is 0.960 bits per heavy atom. The maximum atomic E-state index is 12.3. The number of hydrogen-bond donors (Lipinski definition) is 2. The van der Waals surface area contributed by atoms with Crippen molar-refractivity contribution in [3.05, 3.63) is 57.6 Å². The van der Waals surface area contributed by atoms with Gasteiger partial charge in [-0.25, -0.2) is 0 Å².